The van der Waals surface area contributed by atoms with Crippen molar-refractivity contribution >= 4 is 0 Å². The van der Waals surface area contributed by atoms with Crippen LogP contribution in [0.5, 0.6) is 0 Å². The van der Waals surface area contributed by atoms with E-state index in [0.29, 0.717) is 5.41 Å². The summed E-state index contributed by atoms with van der Waals surface area (Å²) in [5.41, 5.74) is 0.607. The minimum Gasteiger partial charge on any atom is -0.316 e. The molecule has 1 aliphatic carbocycles. The van der Waals surface area contributed by atoms with Crippen LogP contribution in [0.2, 0.25) is 0 Å². The van der Waals surface area contributed by atoms with E-state index in [1.54, 1.807) is 0 Å². The summed E-state index contributed by atoms with van der Waals surface area (Å²) < 4.78 is 0. The Hall–Kier alpha value is -0.0800. The summed E-state index contributed by atoms with van der Waals surface area (Å²) in [7, 11) is 0. The molecule has 0 aromatic heterocycles. The van der Waals surface area contributed by atoms with Crippen molar-refractivity contribution in [3.05, 3.63) is 0 Å². The highest BCUT2D eigenvalue weighted by molar-refractivity contribution is 5.01. The topological polar surface area (TPSA) is 15.3 Å². The Morgan fingerprint density at radius 1 is 1.17 bits per heavy atom. The van der Waals surface area contributed by atoms with Gasteiger partial charge in [0.05, 0.1) is 0 Å². The van der Waals surface area contributed by atoms with E-state index in [2.05, 4.69) is 31.0 Å². The lowest BCUT2D eigenvalue weighted by Gasteiger charge is -2.41. The van der Waals surface area contributed by atoms with Crippen molar-refractivity contribution < 1.29 is 0 Å². The second-order valence-corrected chi connectivity index (χ2v) is 7.65. The van der Waals surface area contributed by atoms with Gasteiger partial charge in [0.1, 0.15) is 0 Å². The summed E-state index contributed by atoms with van der Waals surface area (Å²) in [4.78, 5) is 2.91. The second-order valence-electron chi connectivity index (χ2n) is 7.65. The van der Waals surface area contributed by atoms with Crippen LogP contribution in [-0.2, 0) is 0 Å². The molecule has 3 atom stereocenters. The van der Waals surface area contributed by atoms with Crippen LogP contribution in [0.25, 0.3) is 0 Å². The van der Waals surface area contributed by atoms with E-state index in [1.165, 1.54) is 51.7 Å². The molecular weight excluding hydrogens is 220 g/mol. The maximum absolute atomic E-state index is 3.60. The van der Waals surface area contributed by atoms with Gasteiger partial charge in [-0.25, -0.2) is 0 Å². The molecule has 0 aromatic carbocycles. The van der Waals surface area contributed by atoms with Crippen LogP contribution in [0.4, 0.5) is 0 Å². The molecule has 18 heavy (non-hydrogen) atoms. The zero-order valence-electron chi connectivity index (χ0n) is 12.4. The molecule has 0 amide bonds. The quantitative estimate of drug-likeness (QED) is 0.811. The predicted octanol–water partition coefficient (Wildman–Crippen LogP) is 2.89. The van der Waals surface area contributed by atoms with Crippen LogP contribution in [0.3, 0.4) is 0 Å². The van der Waals surface area contributed by atoms with Crippen molar-refractivity contribution in [1.29, 1.82) is 0 Å². The Bertz CT molecular complexity index is 289. The Balaban J connectivity index is 1.66. The largest absolute Gasteiger partial charge is 0.316 e. The fourth-order valence-corrected chi connectivity index (χ4v) is 4.73. The zero-order chi connectivity index (χ0) is 12.8. The number of nitrogens with one attached hydrogen (secondary N) is 1. The number of rotatable bonds is 2. The lowest BCUT2D eigenvalue weighted by molar-refractivity contribution is 0.0853. The molecule has 0 aromatic rings. The van der Waals surface area contributed by atoms with E-state index in [9.17, 15) is 0 Å². The molecule has 0 spiro atoms. The smallest absolute Gasteiger partial charge is 0.0140 e. The van der Waals surface area contributed by atoms with Crippen molar-refractivity contribution in [2.24, 2.45) is 17.3 Å². The minimum atomic E-state index is 0.607. The van der Waals surface area contributed by atoms with Gasteiger partial charge in [-0.2, -0.15) is 0 Å². The lowest BCUT2D eigenvalue weighted by Crippen LogP contribution is -2.44. The minimum absolute atomic E-state index is 0.607. The average Bonchev–Trinajstić information content (AvgIpc) is 2.88. The molecule has 2 saturated heterocycles. The van der Waals surface area contributed by atoms with Crippen LogP contribution in [0, 0.1) is 17.3 Å². The fourth-order valence-electron chi connectivity index (χ4n) is 4.73. The third-order valence-electron chi connectivity index (χ3n) is 5.95. The third kappa shape index (κ3) is 2.22. The van der Waals surface area contributed by atoms with Crippen LogP contribution >= 0.6 is 0 Å². The van der Waals surface area contributed by atoms with Crippen molar-refractivity contribution in [2.75, 3.05) is 19.6 Å². The lowest BCUT2D eigenvalue weighted by atomic mass is 9.75. The number of hydrogen-bond donors (Lipinski definition) is 1. The molecule has 2 heterocycles. The highest BCUT2D eigenvalue weighted by Gasteiger charge is 2.46. The summed E-state index contributed by atoms with van der Waals surface area (Å²) in [6, 6.07) is 1.77. The van der Waals surface area contributed by atoms with E-state index < -0.39 is 0 Å². The number of likely N-dealkylation sites (tertiary alicyclic amines) is 1. The van der Waals surface area contributed by atoms with Gasteiger partial charge in [-0.15, -0.1) is 0 Å². The molecule has 0 bridgehead atoms. The first kappa shape index (κ1) is 12.9. The molecule has 0 radical (unpaired) electrons. The normalized spacial score (nSPS) is 41.2. The average molecular weight is 250 g/mol. The van der Waals surface area contributed by atoms with Crippen molar-refractivity contribution in [2.45, 2.75) is 65.0 Å². The van der Waals surface area contributed by atoms with E-state index in [-0.39, 0.29) is 0 Å². The van der Waals surface area contributed by atoms with Gasteiger partial charge in [-0.1, -0.05) is 20.8 Å². The predicted molar refractivity (Wildman–Crippen MR) is 76.7 cm³/mol. The molecule has 104 valence electrons. The molecular formula is C16H30N2. The third-order valence-corrected chi connectivity index (χ3v) is 5.95. The molecule has 3 aliphatic rings. The standard InChI is InChI=1S/C16H30N2/c1-4-15-14-10-17-9-12(14)11-18(15)13-5-7-16(2,3)8-6-13/h12-15,17H,4-11H2,1-3H3. The molecule has 3 rings (SSSR count). The van der Waals surface area contributed by atoms with Crippen molar-refractivity contribution in [3.8, 4) is 0 Å². The first-order chi connectivity index (χ1) is 8.61. The van der Waals surface area contributed by atoms with Crippen LogP contribution in [-0.4, -0.2) is 36.6 Å². The van der Waals surface area contributed by atoms with E-state index in [0.717, 1.165) is 23.9 Å². The molecule has 2 aliphatic heterocycles. The maximum Gasteiger partial charge on any atom is 0.0140 e. The summed E-state index contributed by atoms with van der Waals surface area (Å²) in [6.45, 7) is 11.2. The number of fused-ring (bicyclic) bond motifs is 1. The summed E-state index contributed by atoms with van der Waals surface area (Å²) in [5.74, 6) is 1.90. The Morgan fingerprint density at radius 3 is 2.56 bits per heavy atom. The SMILES string of the molecule is CCC1C2CNCC2CN1C1CCC(C)(C)CC1. The van der Waals surface area contributed by atoms with Crippen LogP contribution < -0.4 is 5.32 Å². The number of hydrogen-bond acceptors (Lipinski definition) is 2. The van der Waals surface area contributed by atoms with Gasteiger partial charge in [-0.3, -0.25) is 4.90 Å². The molecule has 2 heteroatoms. The van der Waals surface area contributed by atoms with Crippen molar-refractivity contribution in [1.82, 2.24) is 10.2 Å². The van der Waals surface area contributed by atoms with Gasteiger partial charge < -0.3 is 5.32 Å². The van der Waals surface area contributed by atoms with Gasteiger partial charge in [0.15, 0.2) is 0 Å². The molecule has 3 fully saturated rings. The first-order valence-corrected chi connectivity index (χ1v) is 8.07. The number of nitrogens with zero attached hydrogens (tertiary/aromatic N) is 1. The summed E-state index contributed by atoms with van der Waals surface area (Å²) in [6.07, 6.45) is 7.09. The van der Waals surface area contributed by atoms with Crippen LogP contribution in [0.15, 0.2) is 0 Å². The monoisotopic (exact) mass is 250 g/mol. The van der Waals surface area contributed by atoms with Gasteiger partial charge in [0.25, 0.3) is 0 Å². The molecule has 1 N–H and O–H groups in total. The summed E-state index contributed by atoms with van der Waals surface area (Å²) >= 11 is 0. The Labute approximate surface area is 113 Å². The zero-order valence-corrected chi connectivity index (χ0v) is 12.4. The fraction of sp³-hybridized carbons (Fsp3) is 1.00. The van der Waals surface area contributed by atoms with E-state index >= 15 is 0 Å². The van der Waals surface area contributed by atoms with Gasteiger partial charge in [0.2, 0.25) is 0 Å². The molecule has 3 unspecified atom stereocenters. The summed E-state index contributed by atoms with van der Waals surface area (Å²) in [5, 5.41) is 3.60. The van der Waals surface area contributed by atoms with E-state index in [4.69, 9.17) is 0 Å². The van der Waals surface area contributed by atoms with E-state index in [1.807, 2.05) is 0 Å². The Kier molecular flexibility index (Phi) is 3.44. The Morgan fingerprint density at radius 2 is 1.89 bits per heavy atom. The molecule has 2 nitrogen and oxygen atoms in total. The maximum atomic E-state index is 3.60. The molecule has 1 saturated carbocycles. The highest BCUT2D eigenvalue weighted by Crippen LogP contribution is 2.42. The second kappa shape index (κ2) is 4.79. The first-order valence-electron chi connectivity index (χ1n) is 8.07. The van der Waals surface area contributed by atoms with Gasteiger partial charge in [-0.05, 0) is 62.4 Å². The van der Waals surface area contributed by atoms with Gasteiger partial charge in [0, 0.05) is 18.6 Å². The highest BCUT2D eigenvalue weighted by atomic mass is 15.2. The van der Waals surface area contributed by atoms with Gasteiger partial charge >= 0.3 is 0 Å². The van der Waals surface area contributed by atoms with Crippen LogP contribution in [0.1, 0.15) is 52.9 Å². The van der Waals surface area contributed by atoms with Crippen molar-refractivity contribution in [3.63, 3.8) is 0 Å².